The number of fused-ring (bicyclic) bond motifs is 2. The van der Waals surface area contributed by atoms with Gasteiger partial charge < -0.3 is 15.4 Å². The summed E-state index contributed by atoms with van der Waals surface area (Å²) in [6.07, 6.45) is 6.51. The Morgan fingerprint density at radius 3 is 2.56 bits per heavy atom. The molecule has 2 saturated carbocycles. The van der Waals surface area contributed by atoms with Gasteiger partial charge in [0.15, 0.2) is 0 Å². The van der Waals surface area contributed by atoms with E-state index < -0.39 is 0 Å². The Labute approximate surface area is 150 Å². The second kappa shape index (κ2) is 6.73. The zero-order valence-corrected chi connectivity index (χ0v) is 15.2. The van der Waals surface area contributed by atoms with Gasteiger partial charge in [-0.1, -0.05) is 18.6 Å². The first kappa shape index (κ1) is 17.0. The number of amides is 1. The molecule has 2 bridgehead atoms. The summed E-state index contributed by atoms with van der Waals surface area (Å²) in [6.45, 7) is 6.29. The Hall–Kier alpha value is -1.39. The van der Waals surface area contributed by atoms with Gasteiger partial charge in [0, 0.05) is 43.6 Å². The molecule has 1 aromatic carbocycles. The molecule has 25 heavy (non-hydrogen) atoms. The molecule has 0 aromatic heterocycles. The summed E-state index contributed by atoms with van der Waals surface area (Å²) in [4.78, 5) is 14.4. The SMILES string of the molecule is CCO[C@@]1(c2cccc(C(N)=O)c2)[C@@H]2CCC[C@H]1CN(CC1CC1)C2. The fourth-order valence-corrected chi connectivity index (χ4v) is 5.28. The third-order valence-corrected chi connectivity index (χ3v) is 6.47. The second-order valence-electron chi connectivity index (χ2n) is 8.16. The van der Waals surface area contributed by atoms with Crippen molar-refractivity contribution in [2.45, 2.75) is 44.6 Å². The van der Waals surface area contributed by atoms with Crippen molar-refractivity contribution in [1.82, 2.24) is 4.90 Å². The van der Waals surface area contributed by atoms with Crippen LogP contribution in [0, 0.1) is 17.8 Å². The lowest BCUT2D eigenvalue weighted by molar-refractivity contribution is -0.183. The van der Waals surface area contributed by atoms with Crippen LogP contribution in [0.1, 0.15) is 54.9 Å². The van der Waals surface area contributed by atoms with Crippen LogP contribution >= 0.6 is 0 Å². The van der Waals surface area contributed by atoms with Crippen molar-refractivity contribution in [2.24, 2.45) is 23.5 Å². The van der Waals surface area contributed by atoms with Crippen molar-refractivity contribution in [3.63, 3.8) is 0 Å². The summed E-state index contributed by atoms with van der Waals surface area (Å²) in [5.41, 5.74) is 7.04. The molecule has 0 unspecified atom stereocenters. The molecule has 2 N–H and O–H groups in total. The number of nitrogens with zero attached hydrogens (tertiary/aromatic N) is 1. The number of rotatable bonds is 6. The fourth-order valence-electron chi connectivity index (χ4n) is 5.28. The van der Waals surface area contributed by atoms with E-state index in [1.54, 1.807) is 0 Å². The first-order valence-electron chi connectivity index (χ1n) is 9.90. The van der Waals surface area contributed by atoms with Crippen molar-refractivity contribution in [2.75, 3.05) is 26.2 Å². The molecule has 3 atom stereocenters. The summed E-state index contributed by atoms with van der Waals surface area (Å²) in [7, 11) is 0. The highest BCUT2D eigenvalue weighted by Gasteiger charge is 2.53. The van der Waals surface area contributed by atoms with Crippen molar-refractivity contribution in [3.8, 4) is 0 Å². The van der Waals surface area contributed by atoms with Gasteiger partial charge in [-0.25, -0.2) is 0 Å². The van der Waals surface area contributed by atoms with E-state index in [2.05, 4.69) is 17.9 Å². The predicted octanol–water partition coefficient (Wildman–Crippen LogP) is 3.16. The number of primary amides is 1. The smallest absolute Gasteiger partial charge is 0.248 e. The highest BCUT2D eigenvalue weighted by Crippen LogP contribution is 2.52. The van der Waals surface area contributed by atoms with E-state index >= 15 is 0 Å². The third kappa shape index (κ3) is 3.11. The molecular formula is C21H30N2O2. The number of benzene rings is 1. The fraction of sp³-hybridized carbons (Fsp3) is 0.667. The molecule has 136 valence electrons. The Morgan fingerprint density at radius 2 is 1.96 bits per heavy atom. The van der Waals surface area contributed by atoms with E-state index in [0.717, 1.165) is 24.6 Å². The molecule has 1 heterocycles. The Balaban J connectivity index is 1.69. The number of nitrogens with two attached hydrogens (primary N) is 1. The number of hydrogen-bond donors (Lipinski definition) is 1. The molecule has 1 aliphatic heterocycles. The van der Waals surface area contributed by atoms with Gasteiger partial charge in [-0.3, -0.25) is 4.79 Å². The molecule has 0 spiro atoms. The summed E-state index contributed by atoms with van der Waals surface area (Å²) >= 11 is 0. The maximum atomic E-state index is 11.7. The summed E-state index contributed by atoms with van der Waals surface area (Å²) in [5.74, 6) is 1.58. The maximum Gasteiger partial charge on any atom is 0.248 e. The van der Waals surface area contributed by atoms with E-state index in [9.17, 15) is 4.79 Å². The van der Waals surface area contributed by atoms with Gasteiger partial charge in [0.2, 0.25) is 5.91 Å². The van der Waals surface area contributed by atoms with Gasteiger partial charge >= 0.3 is 0 Å². The lowest BCUT2D eigenvalue weighted by Gasteiger charge is -2.56. The van der Waals surface area contributed by atoms with E-state index in [4.69, 9.17) is 10.5 Å². The first-order valence-corrected chi connectivity index (χ1v) is 9.90. The zero-order chi connectivity index (χ0) is 17.4. The molecule has 0 radical (unpaired) electrons. The molecule has 3 fully saturated rings. The van der Waals surface area contributed by atoms with Crippen LogP contribution in [0.4, 0.5) is 0 Å². The van der Waals surface area contributed by atoms with Crippen LogP contribution in [0.2, 0.25) is 0 Å². The van der Waals surface area contributed by atoms with E-state index in [-0.39, 0.29) is 11.5 Å². The monoisotopic (exact) mass is 342 g/mol. The van der Waals surface area contributed by atoms with E-state index in [0.29, 0.717) is 24.0 Å². The number of piperidine rings is 1. The quantitative estimate of drug-likeness (QED) is 0.864. The van der Waals surface area contributed by atoms with Gasteiger partial charge in [0.1, 0.15) is 5.60 Å². The minimum atomic E-state index is -0.357. The zero-order valence-electron chi connectivity index (χ0n) is 15.2. The number of carbonyl (C=O) groups is 1. The lowest BCUT2D eigenvalue weighted by Crippen LogP contribution is -2.59. The van der Waals surface area contributed by atoms with Gasteiger partial charge in [0.05, 0.1) is 0 Å². The standard InChI is InChI=1S/C21H30N2O2/c1-2-25-21(17-6-3-5-16(11-17)20(22)24)18-7-4-8-19(21)14-23(13-18)12-15-9-10-15/h3,5-6,11,15,18-19H,2,4,7-10,12-14H2,1H3,(H2,22,24)/t18-,19+,21+. The van der Waals surface area contributed by atoms with Crippen molar-refractivity contribution < 1.29 is 9.53 Å². The van der Waals surface area contributed by atoms with Crippen molar-refractivity contribution >= 4 is 5.91 Å². The van der Waals surface area contributed by atoms with E-state index in [1.807, 2.05) is 18.2 Å². The van der Waals surface area contributed by atoms with Gasteiger partial charge in [-0.05, 0) is 56.2 Å². The van der Waals surface area contributed by atoms with Crippen molar-refractivity contribution in [3.05, 3.63) is 35.4 Å². The second-order valence-corrected chi connectivity index (χ2v) is 8.16. The largest absolute Gasteiger partial charge is 0.370 e. The van der Waals surface area contributed by atoms with Gasteiger partial charge in [0.25, 0.3) is 0 Å². The number of carbonyl (C=O) groups excluding carboxylic acids is 1. The Bertz CT molecular complexity index is 627. The summed E-state index contributed by atoms with van der Waals surface area (Å²) < 4.78 is 6.55. The van der Waals surface area contributed by atoms with Crippen LogP contribution < -0.4 is 5.73 Å². The number of likely N-dealkylation sites (tertiary alicyclic amines) is 1. The molecule has 4 nitrogen and oxygen atoms in total. The van der Waals surface area contributed by atoms with Crippen molar-refractivity contribution in [1.29, 1.82) is 0 Å². The highest BCUT2D eigenvalue weighted by atomic mass is 16.5. The average molecular weight is 342 g/mol. The van der Waals surface area contributed by atoms with Crippen LogP contribution in [0.3, 0.4) is 0 Å². The minimum absolute atomic E-state index is 0.251. The number of hydrogen-bond acceptors (Lipinski definition) is 3. The molecule has 1 aromatic rings. The highest BCUT2D eigenvalue weighted by molar-refractivity contribution is 5.92. The lowest BCUT2D eigenvalue weighted by atomic mass is 9.62. The summed E-state index contributed by atoms with van der Waals surface area (Å²) in [5, 5.41) is 0. The molecule has 1 saturated heterocycles. The summed E-state index contributed by atoms with van der Waals surface area (Å²) in [6, 6.07) is 7.90. The molecule has 2 aliphatic carbocycles. The molecule has 4 heteroatoms. The molecule has 3 aliphatic rings. The van der Waals surface area contributed by atoms with Crippen LogP contribution in [0.15, 0.2) is 24.3 Å². The Morgan fingerprint density at radius 1 is 1.24 bits per heavy atom. The topological polar surface area (TPSA) is 55.6 Å². The molecule has 4 rings (SSSR count). The first-order chi connectivity index (χ1) is 12.1. The minimum Gasteiger partial charge on any atom is -0.370 e. The maximum absolute atomic E-state index is 11.7. The normalized spacial score (nSPS) is 32.5. The van der Waals surface area contributed by atoms with E-state index in [1.165, 1.54) is 38.6 Å². The number of ether oxygens (including phenoxy) is 1. The van der Waals surface area contributed by atoms with Gasteiger partial charge in [-0.15, -0.1) is 0 Å². The Kier molecular flexibility index (Phi) is 4.59. The van der Waals surface area contributed by atoms with Crippen LogP contribution in [-0.4, -0.2) is 37.0 Å². The molecular weight excluding hydrogens is 312 g/mol. The average Bonchev–Trinajstić information content (AvgIpc) is 3.40. The molecule has 1 amide bonds. The van der Waals surface area contributed by atoms with Gasteiger partial charge in [-0.2, -0.15) is 0 Å². The third-order valence-electron chi connectivity index (χ3n) is 6.47. The predicted molar refractivity (Wildman–Crippen MR) is 98.3 cm³/mol. The van der Waals surface area contributed by atoms with Crippen LogP contribution in [0.5, 0.6) is 0 Å². The van der Waals surface area contributed by atoms with Crippen LogP contribution in [0.25, 0.3) is 0 Å². The van der Waals surface area contributed by atoms with Crippen LogP contribution in [-0.2, 0) is 10.3 Å².